The Labute approximate surface area is 157 Å². The number of amides is 4. The fourth-order valence-electron chi connectivity index (χ4n) is 2.73. The predicted molar refractivity (Wildman–Crippen MR) is 97.3 cm³/mol. The summed E-state index contributed by atoms with van der Waals surface area (Å²) in [6, 6.07) is 4.13. The molecule has 1 aromatic carbocycles. The van der Waals surface area contributed by atoms with Crippen molar-refractivity contribution in [3.8, 4) is 0 Å². The third-order valence-corrected chi connectivity index (χ3v) is 4.13. The van der Waals surface area contributed by atoms with E-state index < -0.39 is 11.8 Å². The number of carbonyl (C=O) groups is 5. The van der Waals surface area contributed by atoms with E-state index in [-0.39, 0.29) is 60.7 Å². The minimum absolute atomic E-state index is 0.0564. The Hall–Kier alpha value is -3.03. The van der Waals surface area contributed by atoms with Crippen LogP contribution in [-0.2, 0) is 9.59 Å². The quantitative estimate of drug-likeness (QED) is 0.519. The molecule has 4 amide bonds. The highest BCUT2D eigenvalue weighted by Crippen LogP contribution is 2.25. The maximum Gasteiger partial charge on any atom is 0.261 e. The van der Waals surface area contributed by atoms with Crippen molar-refractivity contribution in [1.29, 1.82) is 0 Å². The number of imide groups is 1. The lowest BCUT2D eigenvalue weighted by Gasteiger charge is -2.17. The van der Waals surface area contributed by atoms with Crippen LogP contribution in [0, 0.1) is 0 Å². The van der Waals surface area contributed by atoms with E-state index in [0.29, 0.717) is 5.56 Å². The van der Waals surface area contributed by atoms with E-state index in [9.17, 15) is 24.0 Å². The molecule has 0 fully saturated rings. The summed E-state index contributed by atoms with van der Waals surface area (Å²) in [5.41, 5.74) is 0.783. The number of nitrogens with one attached hydrogen (secondary N) is 2. The van der Waals surface area contributed by atoms with Crippen molar-refractivity contribution in [3.63, 3.8) is 0 Å². The number of fused-ring (bicyclic) bond motifs is 1. The van der Waals surface area contributed by atoms with Crippen molar-refractivity contribution in [2.24, 2.45) is 0 Å². The van der Waals surface area contributed by atoms with Crippen molar-refractivity contribution >= 4 is 29.4 Å². The van der Waals surface area contributed by atoms with Crippen LogP contribution in [0.3, 0.4) is 0 Å². The molecule has 1 aromatic rings. The molecule has 0 atom stereocenters. The first-order chi connectivity index (χ1) is 12.7. The number of Topliss-reactive ketones (excluding diaryl/α,β-unsaturated/α-hetero) is 1. The van der Waals surface area contributed by atoms with E-state index in [1.54, 1.807) is 13.8 Å². The average molecular weight is 373 g/mol. The van der Waals surface area contributed by atoms with E-state index in [1.165, 1.54) is 30.0 Å². The Balaban J connectivity index is 1.90. The van der Waals surface area contributed by atoms with Gasteiger partial charge >= 0.3 is 0 Å². The van der Waals surface area contributed by atoms with Gasteiger partial charge in [0.15, 0.2) is 0 Å². The molecule has 0 radical (unpaired) electrons. The lowest BCUT2D eigenvalue weighted by molar-refractivity contribution is -0.124. The van der Waals surface area contributed by atoms with Crippen LogP contribution in [0.1, 0.15) is 64.7 Å². The summed E-state index contributed by atoms with van der Waals surface area (Å²) < 4.78 is 0. The minimum atomic E-state index is -0.405. The van der Waals surface area contributed by atoms with Crippen molar-refractivity contribution in [3.05, 3.63) is 34.9 Å². The summed E-state index contributed by atoms with van der Waals surface area (Å²) in [6.07, 6.45) is 0.310. The Kier molecular flexibility index (Phi) is 6.44. The molecule has 144 valence electrons. The number of hydrogen-bond acceptors (Lipinski definition) is 5. The van der Waals surface area contributed by atoms with Gasteiger partial charge in [0.05, 0.1) is 11.1 Å². The van der Waals surface area contributed by atoms with Gasteiger partial charge in [0.25, 0.3) is 17.7 Å². The monoisotopic (exact) mass is 373 g/mol. The molecule has 1 aliphatic heterocycles. The summed E-state index contributed by atoms with van der Waals surface area (Å²) in [6.45, 7) is 5.35. The molecule has 0 aliphatic carbocycles. The third kappa shape index (κ3) is 4.78. The van der Waals surface area contributed by atoms with Crippen molar-refractivity contribution in [2.75, 3.05) is 13.1 Å². The first kappa shape index (κ1) is 20.3. The van der Waals surface area contributed by atoms with E-state index in [1.807, 2.05) is 0 Å². The highest BCUT2D eigenvalue weighted by atomic mass is 16.2. The number of benzene rings is 1. The average Bonchev–Trinajstić information content (AvgIpc) is 2.87. The molecular formula is C19H23N3O5. The zero-order valence-corrected chi connectivity index (χ0v) is 15.6. The fourth-order valence-corrected chi connectivity index (χ4v) is 2.73. The van der Waals surface area contributed by atoms with Crippen molar-refractivity contribution in [2.45, 2.75) is 39.7 Å². The van der Waals surface area contributed by atoms with Gasteiger partial charge in [-0.05, 0) is 39.0 Å². The highest BCUT2D eigenvalue weighted by Gasteiger charge is 2.37. The molecular weight excluding hydrogens is 350 g/mol. The molecule has 1 aliphatic rings. The highest BCUT2D eigenvalue weighted by molar-refractivity contribution is 6.22. The lowest BCUT2D eigenvalue weighted by atomic mass is 10.1. The molecule has 0 bridgehead atoms. The number of nitrogens with zero attached hydrogens (tertiary/aromatic N) is 1. The van der Waals surface area contributed by atoms with Crippen molar-refractivity contribution < 1.29 is 24.0 Å². The summed E-state index contributed by atoms with van der Waals surface area (Å²) in [4.78, 5) is 60.3. The minimum Gasteiger partial charge on any atom is -0.354 e. The van der Waals surface area contributed by atoms with Crippen LogP contribution in [-0.4, -0.2) is 53.4 Å². The zero-order chi connectivity index (χ0) is 20.1. The fraction of sp³-hybridized carbons (Fsp3) is 0.421. The summed E-state index contributed by atoms with van der Waals surface area (Å²) in [7, 11) is 0. The maximum atomic E-state index is 12.4. The smallest absolute Gasteiger partial charge is 0.261 e. The third-order valence-electron chi connectivity index (χ3n) is 4.13. The van der Waals surface area contributed by atoms with Gasteiger partial charge in [-0.3, -0.25) is 24.1 Å². The first-order valence-electron chi connectivity index (χ1n) is 8.78. The number of hydrogen-bond donors (Lipinski definition) is 2. The molecule has 0 saturated carbocycles. The van der Waals surface area contributed by atoms with Crippen LogP contribution in [0.5, 0.6) is 0 Å². The van der Waals surface area contributed by atoms with Crippen molar-refractivity contribution in [1.82, 2.24) is 15.5 Å². The Bertz CT molecular complexity index is 801. The second-order valence-corrected chi connectivity index (χ2v) is 6.64. The second-order valence-electron chi connectivity index (χ2n) is 6.64. The van der Waals surface area contributed by atoms with Crippen LogP contribution in [0.15, 0.2) is 18.2 Å². The van der Waals surface area contributed by atoms with Gasteiger partial charge in [0.2, 0.25) is 5.91 Å². The van der Waals surface area contributed by atoms with Crippen LogP contribution in [0.2, 0.25) is 0 Å². The topological polar surface area (TPSA) is 113 Å². The predicted octanol–water partition coefficient (Wildman–Crippen LogP) is 0.906. The molecule has 2 N–H and O–H groups in total. The molecule has 0 unspecified atom stereocenters. The Morgan fingerprint density at radius 1 is 0.963 bits per heavy atom. The van der Waals surface area contributed by atoms with Gasteiger partial charge in [-0.2, -0.15) is 0 Å². The second kappa shape index (κ2) is 8.57. The molecule has 0 saturated heterocycles. The van der Waals surface area contributed by atoms with E-state index in [0.717, 1.165) is 0 Å². The molecule has 8 nitrogen and oxygen atoms in total. The molecule has 27 heavy (non-hydrogen) atoms. The van der Waals surface area contributed by atoms with E-state index in [2.05, 4.69) is 10.6 Å². The number of carbonyl (C=O) groups excluding carboxylic acids is 5. The van der Waals surface area contributed by atoms with Gasteiger partial charge < -0.3 is 15.4 Å². The van der Waals surface area contributed by atoms with Gasteiger partial charge in [-0.15, -0.1) is 0 Å². The lowest BCUT2D eigenvalue weighted by Crippen LogP contribution is -2.36. The summed E-state index contributed by atoms with van der Waals surface area (Å²) in [5.74, 6) is -1.48. The van der Waals surface area contributed by atoms with Gasteiger partial charge in [-0.25, -0.2) is 0 Å². The zero-order valence-electron chi connectivity index (χ0n) is 15.6. The summed E-state index contributed by atoms with van der Waals surface area (Å²) in [5, 5.41) is 5.25. The molecule has 0 spiro atoms. The maximum absolute atomic E-state index is 12.4. The van der Waals surface area contributed by atoms with Crippen LogP contribution >= 0.6 is 0 Å². The largest absolute Gasteiger partial charge is 0.354 e. The number of rotatable bonds is 8. The standard InChI is InChI=1S/C19H23N3O5/c1-11(2)22-18(26)14-6-5-13(10-15(14)19(22)27)17(25)21-9-8-20-16(24)7-4-12(3)23/h5-6,10-11H,4,7-9H2,1-3H3,(H,20,24)(H,21,25). The molecule has 1 heterocycles. The van der Waals surface area contributed by atoms with Crippen LogP contribution in [0.4, 0.5) is 0 Å². The molecule has 8 heteroatoms. The SMILES string of the molecule is CC(=O)CCC(=O)NCCNC(=O)c1ccc2c(c1)C(=O)N(C(C)C)C2=O. The number of ketones is 1. The Morgan fingerprint density at radius 2 is 1.59 bits per heavy atom. The molecule has 2 rings (SSSR count). The van der Waals surface area contributed by atoms with Crippen LogP contribution in [0.25, 0.3) is 0 Å². The van der Waals surface area contributed by atoms with Crippen LogP contribution < -0.4 is 10.6 Å². The van der Waals surface area contributed by atoms with E-state index in [4.69, 9.17) is 0 Å². The van der Waals surface area contributed by atoms with E-state index >= 15 is 0 Å². The normalized spacial score (nSPS) is 13.0. The Morgan fingerprint density at radius 3 is 2.22 bits per heavy atom. The molecule has 0 aromatic heterocycles. The van der Waals surface area contributed by atoms with Gasteiger partial charge in [0, 0.05) is 37.5 Å². The first-order valence-corrected chi connectivity index (χ1v) is 8.78. The van der Waals surface area contributed by atoms with Gasteiger partial charge in [0.1, 0.15) is 5.78 Å². The van der Waals surface area contributed by atoms with Gasteiger partial charge in [-0.1, -0.05) is 0 Å². The summed E-state index contributed by atoms with van der Waals surface area (Å²) >= 11 is 0.